The predicted molar refractivity (Wildman–Crippen MR) is 107 cm³/mol. The minimum Gasteiger partial charge on any atom is -0.367 e. The normalized spacial score (nSPS) is 15.6. The molecule has 0 radical (unpaired) electrons. The summed E-state index contributed by atoms with van der Waals surface area (Å²) in [7, 11) is 0. The SMILES string of the molecule is C=CC(=O)N1CCN(c2cncc(C(C)C(=O)Nc3ncc(C(F)(F)F)s3)c2)CC1. The van der Waals surface area contributed by atoms with Crippen LogP contribution in [0.4, 0.5) is 24.0 Å². The maximum Gasteiger partial charge on any atom is 0.427 e. The number of piperazine rings is 1. The molecule has 1 unspecified atom stereocenters. The van der Waals surface area contributed by atoms with Crippen LogP contribution < -0.4 is 10.2 Å². The molecule has 160 valence electrons. The number of carbonyl (C=O) groups is 2. The number of carbonyl (C=O) groups excluding carboxylic acids is 2. The van der Waals surface area contributed by atoms with Crippen LogP contribution in [0.3, 0.4) is 0 Å². The maximum atomic E-state index is 12.7. The highest BCUT2D eigenvalue weighted by Gasteiger charge is 2.33. The van der Waals surface area contributed by atoms with Crippen LogP contribution in [-0.4, -0.2) is 52.9 Å². The molecular weight excluding hydrogens is 419 g/mol. The summed E-state index contributed by atoms with van der Waals surface area (Å²) in [6, 6.07) is 1.82. The third kappa shape index (κ3) is 4.96. The van der Waals surface area contributed by atoms with Crippen molar-refractivity contribution in [2.45, 2.75) is 19.0 Å². The molecule has 2 aromatic heterocycles. The molecule has 1 aliphatic rings. The molecule has 2 amide bonds. The van der Waals surface area contributed by atoms with Gasteiger partial charge in [-0.15, -0.1) is 0 Å². The fourth-order valence-electron chi connectivity index (χ4n) is 3.00. The Balaban J connectivity index is 1.65. The van der Waals surface area contributed by atoms with E-state index in [9.17, 15) is 22.8 Å². The van der Waals surface area contributed by atoms with Crippen molar-refractivity contribution < 1.29 is 22.8 Å². The molecule has 11 heteroatoms. The molecule has 0 aliphatic carbocycles. The van der Waals surface area contributed by atoms with Gasteiger partial charge in [-0.1, -0.05) is 17.9 Å². The fraction of sp³-hybridized carbons (Fsp3) is 0.368. The van der Waals surface area contributed by atoms with Gasteiger partial charge in [0, 0.05) is 32.4 Å². The van der Waals surface area contributed by atoms with Gasteiger partial charge < -0.3 is 15.1 Å². The molecule has 1 N–H and O–H groups in total. The van der Waals surface area contributed by atoms with E-state index in [0.29, 0.717) is 49.3 Å². The number of aromatic nitrogens is 2. The molecule has 1 aliphatic heterocycles. The number of hydrogen-bond acceptors (Lipinski definition) is 6. The number of rotatable bonds is 5. The first kappa shape index (κ1) is 21.8. The van der Waals surface area contributed by atoms with Crippen LogP contribution in [0.5, 0.6) is 0 Å². The van der Waals surface area contributed by atoms with E-state index in [1.165, 1.54) is 6.08 Å². The van der Waals surface area contributed by atoms with Gasteiger partial charge in [-0.05, 0) is 24.6 Å². The second-order valence-corrected chi connectivity index (χ2v) is 7.76. The highest BCUT2D eigenvalue weighted by Crippen LogP contribution is 2.35. The van der Waals surface area contributed by atoms with Crippen molar-refractivity contribution in [2.75, 3.05) is 36.4 Å². The lowest BCUT2D eigenvalue weighted by Gasteiger charge is -2.35. The van der Waals surface area contributed by atoms with Gasteiger partial charge in [0.25, 0.3) is 0 Å². The topological polar surface area (TPSA) is 78.4 Å². The van der Waals surface area contributed by atoms with E-state index in [1.54, 1.807) is 24.2 Å². The lowest BCUT2D eigenvalue weighted by molar-refractivity contribution is -0.134. The highest BCUT2D eigenvalue weighted by molar-refractivity contribution is 7.15. The summed E-state index contributed by atoms with van der Waals surface area (Å²) in [5.74, 6) is -1.22. The molecule has 30 heavy (non-hydrogen) atoms. The summed E-state index contributed by atoms with van der Waals surface area (Å²) >= 11 is 0.380. The number of hydrogen-bond donors (Lipinski definition) is 1. The minimum absolute atomic E-state index is 0.105. The number of halogens is 3. The van der Waals surface area contributed by atoms with Gasteiger partial charge in [0.15, 0.2) is 5.13 Å². The van der Waals surface area contributed by atoms with Gasteiger partial charge >= 0.3 is 6.18 Å². The van der Waals surface area contributed by atoms with Crippen LogP contribution in [0.15, 0.2) is 37.3 Å². The van der Waals surface area contributed by atoms with E-state index in [-0.39, 0.29) is 11.0 Å². The summed E-state index contributed by atoms with van der Waals surface area (Å²) in [5, 5.41) is 2.32. The summed E-state index contributed by atoms with van der Waals surface area (Å²) in [4.78, 5) is 34.9. The first-order valence-electron chi connectivity index (χ1n) is 9.14. The van der Waals surface area contributed by atoms with Gasteiger partial charge in [0.05, 0.1) is 24.0 Å². The Hall–Kier alpha value is -2.95. The number of amides is 2. The molecule has 7 nitrogen and oxygen atoms in total. The van der Waals surface area contributed by atoms with Crippen LogP contribution in [0.1, 0.15) is 23.3 Å². The molecule has 1 atom stereocenters. The molecule has 3 heterocycles. The van der Waals surface area contributed by atoms with E-state index in [0.717, 1.165) is 5.69 Å². The molecule has 0 aromatic carbocycles. The monoisotopic (exact) mass is 439 g/mol. The van der Waals surface area contributed by atoms with Gasteiger partial charge in [0.1, 0.15) is 4.88 Å². The molecule has 0 spiro atoms. The van der Waals surface area contributed by atoms with Crippen LogP contribution in [0.2, 0.25) is 0 Å². The van der Waals surface area contributed by atoms with Crippen LogP contribution in [0.25, 0.3) is 0 Å². The fourth-order valence-corrected chi connectivity index (χ4v) is 3.68. The lowest BCUT2D eigenvalue weighted by Crippen LogP contribution is -2.48. The van der Waals surface area contributed by atoms with Gasteiger partial charge in [-0.25, -0.2) is 4.98 Å². The third-order valence-electron chi connectivity index (χ3n) is 4.78. The molecule has 1 saturated heterocycles. The first-order valence-corrected chi connectivity index (χ1v) is 9.96. The highest BCUT2D eigenvalue weighted by atomic mass is 32.1. The van der Waals surface area contributed by atoms with Crippen molar-refractivity contribution in [2.24, 2.45) is 0 Å². The summed E-state index contributed by atoms with van der Waals surface area (Å²) in [5.41, 5.74) is 1.44. The number of anilines is 2. The Bertz CT molecular complexity index is 938. The summed E-state index contributed by atoms with van der Waals surface area (Å²) in [6.45, 7) is 7.48. The Morgan fingerprint density at radius 3 is 2.53 bits per heavy atom. The first-order chi connectivity index (χ1) is 14.2. The maximum absolute atomic E-state index is 12.7. The number of thiazole rings is 1. The molecule has 3 rings (SSSR count). The molecule has 1 fully saturated rings. The largest absolute Gasteiger partial charge is 0.427 e. The second kappa shape index (κ2) is 8.82. The van der Waals surface area contributed by atoms with Gasteiger partial charge in [-0.3, -0.25) is 14.6 Å². The number of pyridine rings is 1. The van der Waals surface area contributed by atoms with E-state index in [4.69, 9.17) is 0 Å². The molecular formula is C19H20F3N5O2S. The van der Waals surface area contributed by atoms with E-state index < -0.39 is 22.9 Å². The zero-order valence-corrected chi connectivity index (χ0v) is 17.0. The van der Waals surface area contributed by atoms with Gasteiger partial charge in [0.2, 0.25) is 11.8 Å². The lowest BCUT2D eigenvalue weighted by atomic mass is 10.0. The van der Waals surface area contributed by atoms with Crippen molar-refractivity contribution in [1.82, 2.24) is 14.9 Å². The average Bonchev–Trinajstić information content (AvgIpc) is 3.22. The van der Waals surface area contributed by atoms with Crippen LogP contribution in [-0.2, 0) is 15.8 Å². The minimum atomic E-state index is -4.50. The summed E-state index contributed by atoms with van der Waals surface area (Å²) in [6.07, 6.45) is 0.719. The van der Waals surface area contributed by atoms with E-state index in [1.807, 2.05) is 6.07 Å². The zero-order chi connectivity index (χ0) is 21.9. The average molecular weight is 439 g/mol. The second-order valence-electron chi connectivity index (χ2n) is 6.73. The standard InChI is InChI=1S/C19H20F3N5O2S/c1-3-16(28)27-6-4-26(5-7-27)14-8-13(9-23-10-14)12(2)17(29)25-18-24-11-15(30-18)19(20,21)22/h3,8-12H,1,4-7H2,2H3,(H,24,25,29). The zero-order valence-electron chi connectivity index (χ0n) is 16.1. The predicted octanol–water partition coefficient (Wildman–Crippen LogP) is 3.13. The van der Waals surface area contributed by atoms with Gasteiger partial charge in [-0.2, -0.15) is 13.2 Å². The number of nitrogens with one attached hydrogen (secondary N) is 1. The van der Waals surface area contributed by atoms with Crippen molar-refractivity contribution >= 4 is 34.0 Å². The number of alkyl halides is 3. The Morgan fingerprint density at radius 2 is 1.93 bits per heavy atom. The Morgan fingerprint density at radius 1 is 1.23 bits per heavy atom. The quantitative estimate of drug-likeness (QED) is 0.725. The number of nitrogens with zero attached hydrogens (tertiary/aromatic N) is 4. The Kier molecular flexibility index (Phi) is 6.40. The van der Waals surface area contributed by atoms with E-state index >= 15 is 0 Å². The van der Waals surface area contributed by atoms with Crippen molar-refractivity contribution in [3.63, 3.8) is 0 Å². The third-order valence-corrected chi connectivity index (χ3v) is 5.74. The van der Waals surface area contributed by atoms with Crippen molar-refractivity contribution in [3.05, 3.63) is 47.8 Å². The van der Waals surface area contributed by atoms with Crippen LogP contribution in [0, 0.1) is 0 Å². The molecule has 2 aromatic rings. The Labute approximate surface area is 175 Å². The van der Waals surface area contributed by atoms with Crippen molar-refractivity contribution in [3.8, 4) is 0 Å². The summed E-state index contributed by atoms with van der Waals surface area (Å²) < 4.78 is 38.1. The van der Waals surface area contributed by atoms with Crippen LogP contribution >= 0.6 is 11.3 Å². The van der Waals surface area contributed by atoms with Crippen molar-refractivity contribution in [1.29, 1.82) is 0 Å². The molecule has 0 saturated carbocycles. The smallest absolute Gasteiger partial charge is 0.367 e. The van der Waals surface area contributed by atoms with E-state index in [2.05, 4.69) is 26.8 Å². The molecule has 0 bridgehead atoms.